The topological polar surface area (TPSA) is 51.7 Å². The Labute approximate surface area is 24.7 Å². The maximum Gasteiger partial charge on any atom is 0.0719 e. The highest BCUT2D eigenvalue weighted by Gasteiger charge is 1.11. The Morgan fingerprint density at radius 1 is 1.75 bits per heavy atom. The van der Waals surface area contributed by atoms with Gasteiger partial charge in [-0.1, -0.05) is 6.58 Å². The van der Waals surface area contributed by atoms with Crippen LogP contribution in [-0.4, -0.2) is 10.6 Å². The van der Waals surface area contributed by atoms with E-state index in [1.54, 1.807) is 0 Å². The Morgan fingerprint density at radius 2 is 1.75 bits per heavy atom. The summed E-state index contributed by atoms with van der Waals surface area (Å²) in [6.07, 6.45) is 0.750. The molecular formula is C2H6O2. The lowest BCUT2D eigenvalue weighted by atomic mass is 11.2. The predicted molar refractivity (Wildman–Crippen MR) is 16.4 cm³/mol. The molecule has 0 fully saturated rings. The molecule has 0 aromatic carbocycles. The van der Waals surface area contributed by atoms with Crippen LogP contribution >= 0.6 is 0 Å². The molecule has 0 unspecified atom stereocenters. The second kappa shape index (κ2) is 22.5. The molecule has 0 saturated carbocycles. The highest BCUT2D eigenvalue weighted by Crippen LogP contribution is 1.26. The fourth-order valence-corrected chi connectivity index (χ4v) is 0. The monoisotopic (exact) mass is 62.0 g/mol. The van der Waals surface area contributed by atoms with Crippen molar-refractivity contribution in [1.82, 2.24) is 0 Å². The van der Waals surface area contributed by atoms with Gasteiger partial charge in [0.2, 0.25) is 0 Å². The molecule has 4 heavy (non-hydrogen) atoms. The lowest BCUT2D eigenvalue weighted by molar-refractivity contribution is 0.476. The molecule has 0 radical (unpaired) electrons. The average Bonchev–Trinajstić information content (AvgIpc) is 0.918. The minimum atomic E-state index is 0. The fourth-order valence-electron chi connectivity index (χ4n) is 0. The highest BCUT2D eigenvalue weighted by molar-refractivity contribution is 4.38. The van der Waals surface area contributed by atoms with Crippen molar-refractivity contribution in [2.24, 2.45) is 0 Å². The van der Waals surface area contributed by atoms with Crippen LogP contribution in [0.3, 0.4) is 0 Å². The van der Waals surface area contributed by atoms with Crippen LogP contribution in [0, 0.1) is 0 Å². The third-order valence-electron chi connectivity index (χ3n) is 0. The summed E-state index contributed by atoms with van der Waals surface area (Å²) in [6, 6.07) is 0. The Bertz CT molecular complexity index is 11.5. The third-order valence-corrected chi connectivity index (χ3v) is 0. The van der Waals surface area contributed by atoms with Gasteiger partial charge in [0, 0.05) is 0 Å². The molecule has 26 valence electrons. The number of hydrogen-bond donors (Lipinski definition) is 1. The van der Waals surface area contributed by atoms with Gasteiger partial charge in [-0.25, -0.2) is 0 Å². The Morgan fingerprint density at radius 3 is 1.75 bits per heavy atom. The van der Waals surface area contributed by atoms with Crippen LogP contribution in [0.4, 0.5) is 0 Å². The van der Waals surface area contributed by atoms with Gasteiger partial charge in [-0.2, -0.15) is 0 Å². The molecule has 0 spiro atoms. The van der Waals surface area contributed by atoms with Crippen molar-refractivity contribution in [3.05, 3.63) is 12.8 Å². The molecule has 0 rings (SSSR count). The zero-order valence-electron chi connectivity index (χ0n) is 2.23. The van der Waals surface area contributed by atoms with Crippen LogP contribution in [0.15, 0.2) is 12.8 Å². The van der Waals surface area contributed by atoms with Crippen LogP contribution in [0.1, 0.15) is 0 Å². The summed E-state index contributed by atoms with van der Waals surface area (Å²) < 4.78 is 0. The first kappa shape index (κ1) is 9.72. The van der Waals surface area contributed by atoms with Crippen molar-refractivity contribution in [3.63, 3.8) is 0 Å². The Hall–Kier alpha value is -0.500. The van der Waals surface area contributed by atoms with Gasteiger partial charge in [-0.05, 0) is 0 Å². The smallest absolute Gasteiger partial charge is 0.0719 e. The van der Waals surface area contributed by atoms with E-state index < -0.39 is 0 Å². The zero-order chi connectivity index (χ0) is 2.71. The van der Waals surface area contributed by atoms with Gasteiger partial charge < -0.3 is 10.6 Å². The van der Waals surface area contributed by atoms with Crippen LogP contribution in [-0.2, 0) is 0 Å². The van der Waals surface area contributed by atoms with E-state index in [-0.39, 0.29) is 5.48 Å². The first-order valence-electron chi connectivity index (χ1n) is 0.666. The van der Waals surface area contributed by atoms with E-state index in [4.69, 9.17) is 5.11 Å². The van der Waals surface area contributed by atoms with Gasteiger partial charge in [0.1, 0.15) is 0 Å². The molecule has 0 aliphatic rings. The van der Waals surface area contributed by atoms with E-state index in [0.717, 1.165) is 6.26 Å². The van der Waals surface area contributed by atoms with Gasteiger partial charge in [-0.3, -0.25) is 0 Å². The molecule has 0 aliphatic heterocycles. The van der Waals surface area contributed by atoms with Crippen molar-refractivity contribution in [1.29, 1.82) is 0 Å². The zero-order valence-corrected chi connectivity index (χ0v) is 2.23. The van der Waals surface area contributed by atoms with E-state index in [9.17, 15) is 0 Å². The minimum Gasteiger partial charge on any atom is -0.516 e. The lowest BCUT2D eigenvalue weighted by Crippen LogP contribution is -1.25. The van der Waals surface area contributed by atoms with E-state index >= 15 is 0 Å². The molecule has 0 amide bonds. The van der Waals surface area contributed by atoms with Gasteiger partial charge >= 0.3 is 0 Å². The molecule has 0 aliphatic carbocycles. The average molecular weight is 62.1 g/mol. The molecule has 0 saturated heterocycles. The molecule has 0 aromatic heterocycles. The summed E-state index contributed by atoms with van der Waals surface area (Å²) in [5.41, 5.74) is 0. The second-order valence-corrected chi connectivity index (χ2v) is 0.183. The normalized spacial score (nSPS) is 3.00. The Balaban J connectivity index is 0. The van der Waals surface area contributed by atoms with Crippen molar-refractivity contribution in [2.75, 3.05) is 0 Å². The first-order chi connectivity index (χ1) is 1.41. The molecule has 0 aromatic rings. The van der Waals surface area contributed by atoms with Crippen LogP contribution < -0.4 is 0 Å². The van der Waals surface area contributed by atoms with Gasteiger partial charge in [0.25, 0.3) is 0 Å². The number of aliphatic hydroxyl groups is 1. The van der Waals surface area contributed by atoms with Gasteiger partial charge in [0.05, 0.1) is 6.26 Å². The molecule has 2 nitrogen and oxygen atoms in total. The predicted octanol–water partition coefficient (Wildman–Crippen LogP) is -0.137. The van der Waals surface area contributed by atoms with Crippen molar-refractivity contribution >= 4 is 0 Å². The molecule has 2 heteroatoms. The third kappa shape index (κ3) is 1.50. The molecule has 0 bridgehead atoms. The van der Waals surface area contributed by atoms with Crippen LogP contribution in [0.2, 0.25) is 0 Å². The van der Waals surface area contributed by atoms with E-state index in [1.165, 1.54) is 0 Å². The number of rotatable bonds is 0. The number of aliphatic hydroxyl groups excluding tert-OH is 1. The van der Waals surface area contributed by atoms with E-state index in [1.807, 2.05) is 0 Å². The fraction of sp³-hybridized carbons (Fsp3) is 0. The molecular weight excluding hydrogens is 56.0 g/mol. The molecule has 0 heterocycles. The summed E-state index contributed by atoms with van der Waals surface area (Å²) in [7, 11) is 0. The summed E-state index contributed by atoms with van der Waals surface area (Å²) in [5.74, 6) is 0. The van der Waals surface area contributed by atoms with Crippen LogP contribution in [0.5, 0.6) is 0 Å². The SMILES string of the molecule is C=CO.O. The van der Waals surface area contributed by atoms with Gasteiger partial charge in [-0.15, -0.1) is 0 Å². The van der Waals surface area contributed by atoms with Crippen LogP contribution in [0.25, 0.3) is 0 Å². The standard InChI is InChI=1S/C2H4O.H2O/c1-2-3;/h2-3H,1H2;1H2. The molecule has 0 atom stereocenters. The van der Waals surface area contributed by atoms with E-state index in [2.05, 4.69) is 6.58 Å². The summed E-state index contributed by atoms with van der Waals surface area (Å²) >= 11 is 0. The van der Waals surface area contributed by atoms with E-state index in [0.29, 0.717) is 0 Å². The summed E-state index contributed by atoms with van der Waals surface area (Å²) in [4.78, 5) is 0. The largest absolute Gasteiger partial charge is 0.516 e. The molecule has 3 N–H and O–H groups in total. The van der Waals surface area contributed by atoms with Crippen molar-refractivity contribution < 1.29 is 10.6 Å². The maximum atomic E-state index is 7.33. The number of hydrogen-bond acceptors (Lipinski definition) is 1. The first-order valence-corrected chi connectivity index (χ1v) is 0.666. The quantitative estimate of drug-likeness (QED) is 0.390. The second-order valence-electron chi connectivity index (χ2n) is 0.183. The lowest BCUT2D eigenvalue weighted by Gasteiger charge is -1.41. The summed E-state index contributed by atoms with van der Waals surface area (Å²) in [6.45, 7) is 2.92. The van der Waals surface area contributed by atoms with Crippen molar-refractivity contribution in [2.45, 2.75) is 0 Å². The maximum absolute atomic E-state index is 7.33. The van der Waals surface area contributed by atoms with Gasteiger partial charge in [0.15, 0.2) is 0 Å². The van der Waals surface area contributed by atoms with Crippen molar-refractivity contribution in [3.8, 4) is 0 Å². The minimum absolute atomic E-state index is 0. The highest BCUT2D eigenvalue weighted by atomic mass is 16.2. The summed E-state index contributed by atoms with van der Waals surface area (Å²) in [5, 5.41) is 7.33. The Kier molecular flexibility index (Phi) is 54.7.